The van der Waals surface area contributed by atoms with E-state index < -0.39 is 5.97 Å². The molecule has 0 radical (unpaired) electrons. The number of hydrogen-bond donors (Lipinski definition) is 2. The topological polar surface area (TPSA) is 63.3 Å². The number of carboxylic acid groups (broad SMARTS) is 1. The van der Waals surface area contributed by atoms with Crippen LogP contribution in [0.15, 0.2) is 12.1 Å². The second kappa shape index (κ2) is 5.54. The molecule has 0 aliphatic rings. The summed E-state index contributed by atoms with van der Waals surface area (Å²) in [4.78, 5) is 11.3. The Kier molecular flexibility index (Phi) is 5.24. The molecule has 110 valence electrons. The summed E-state index contributed by atoms with van der Waals surface area (Å²) in [7, 11) is 0. The molecule has 0 saturated carbocycles. The average Bonchev–Trinajstić information content (AvgIpc) is 2.13. The van der Waals surface area contributed by atoms with E-state index in [1.807, 2.05) is 26.8 Å². The normalized spacial score (nSPS) is 11.9. The van der Waals surface area contributed by atoms with Crippen molar-refractivity contribution in [1.82, 2.24) is 0 Å². The van der Waals surface area contributed by atoms with E-state index in [9.17, 15) is 9.90 Å². The third-order valence-electron chi connectivity index (χ3n) is 3.08. The van der Waals surface area contributed by atoms with Crippen LogP contribution < -0.4 is 5.73 Å². The van der Waals surface area contributed by atoms with Crippen LogP contribution in [-0.2, 0) is 27.3 Å². The fourth-order valence-corrected chi connectivity index (χ4v) is 1.88. The molecule has 19 heavy (non-hydrogen) atoms. The minimum absolute atomic E-state index is 0. The predicted octanol–water partition coefficient (Wildman–Crippen LogP) is 3.56. The van der Waals surface area contributed by atoms with Crippen molar-refractivity contribution in [2.24, 2.45) is 0 Å². The summed E-state index contributed by atoms with van der Waals surface area (Å²) >= 11 is 0. The quantitative estimate of drug-likeness (QED) is 0.616. The zero-order valence-electron chi connectivity index (χ0n) is 12.4. The number of hydrogen-bond acceptors (Lipinski definition) is 2. The van der Waals surface area contributed by atoms with Crippen molar-refractivity contribution in [1.29, 1.82) is 0 Å². The van der Waals surface area contributed by atoms with Gasteiger partial charge in [-0.25, -0.2) is 4.79 Å². The zero-order valence-corrected chi connectivity index (χ0v) is 13.4. The minimum atomic E-state index is -0.968. The van der Waals surface area contributed by atoms with Gasteiger partial charge in [0.1, 0.15) is 0 Å². The Morgan fingerprint density at radius 2 is 1.53 bits per heavy atom. The maximum absolute atomic E-state index is 11.3. The fraction of sp³-hybridized carbons (Fsp3) is 0.533. The van der Waals surface area contributed by atoms with Crippen LogP contribution in [0.2, 0.25) is 0 Å². The van der Waals surface area contributed by atoms with Gasteiger partial charge in [-0.1, -0.05) is 47.6 Å². The van der Waals surface area contributed by atoms with Crippen LogP contribution in [0.4, 0.5) is 5.69 Å². The van der Waals surface area contributed by atoms with Gasteiger partial charge in [0, 0.05) is 22.2 Å². The Balaban J connectivity index is 0.00000324. The molecule has 0 aromatic heterocycles. The van der Waals surface area contributed by atoms with E-state index in [0.29, 0.717) is 5.69 Å². The summed E-state index contributed by atoms with van der Waals surface area (Å²) in [6, 6.07) is 3.72. The standard InChI is InChI=1S/C15H23NO2.Ni/c1-14(2,3)9-7-10(13(17)18)12(16)11(8-9)15(4,5)6;/h7-8H,16H2,1-6H3,(H,17,18);. The van der Waals surface area contributed by atoms with Gasteiger partial charge >= 0.3 is 5.97 Å². The first kappa shape index (κ1) is 18.0. The molecule has 1 aromatic carbocycles. The summed E-state index contributed by atoms with van der Waals surface area (Å²) in [5.74, 6) is -0.968. The van der Waals surface area contributed by atoms with Gasteiger partial charge in [-0.15, -0.1) is 0 Å². The van der Waals surface area contributed by atoms with Crippen LogP contribution in [0, 0.1) is 0 Å². The molecule has 0 bridgehead atoms. The molecule has 0 saturated heterocycles. The molecule has 1 rings (SSSR count). The maximum Gasteiger partial charge on any atom is 0.337 e. The summed E-state index contributed by atoms with van der Waals surface area (Å²) in [5, 5.41) is 9.27. The number of nitrogen functional groups attached to an aromatic ring is 1. The first-order valence-corrected chi connectivity index (χ1v) is 6.12. The monoisotopic (exact) mass is 307 g/mol. The molecular formula is C15H23NNiO2. The van der Waals surface area contributed by atoms with E-state index >= 15 is 0 Å². The molecule has 0 aliphatic carbocycles. The summed E-state index contributed by atoms with van der Waals surface area (Å²) in [6.45, 7) is 12.3. The van der Waals surface area contributed by atoms with E-state index in [2.05, 4.69) is 20.8 Å². The van der Waals surface area contributed by atoms with Gasteiger partial charge in [0.05, 0.1) is 5.56 Å². The smallest absolute Gasteiger partial charge is 0.337 e. The van der Waals surface area contributed by atoms with E-state index in [1.165, 1.54) is 0 Å². The fourth-order valence-electron chi connectivity index (χ4n) is 1.88. The molecule has 0 unspecified atom stereocenters. The first-order valence-electron chi connectivity index (χ1n) is 6.12. The molecule has 0 aliphatic heterocycles. The predicted molar refractivity (Wildman–Crippen MR) is 75.2 cm³/mol. The Bertz CT molecular complexity index is 482. The van der Waals surface area contributed by atoms with Gasteiger partial charge in [-0.05, 0) is 28.0 Å². The maximum atomic E-state index is 11.3. The molecule has 0 heterocycles. The van der Waals surface area contributed by atoms with Gasteiger partial charge in [0.25, 0.3) is 0 Å². The number of rotatable bonds is 1. The molecule has 0 fully saturated rings. The van der Waals surface area contributed by atoms with Crippen molar-refractivity contribution in [3.63, 3.8) is 0 Å². The molecule has 3 N–H and O–H groups in total. The van der Waals surface area contributed by atoms with Crippen LogP contribution >= 0.6 is 0 Å². The van der Waals surface area contributed by atoms with Gasteiger partial charge in [-0.3, -0.25) is 0 Å². The largest absolute Gasteiger partial charge is 0.478 e. The summed E-state index contributed by atoms with van der Waals surface area (Å²) in [5.41, 5.74) is 8.21. The van der Waals surface area contributed by atoms with Gasteiger partial charge in [0.2, 0.25) is 0 Å². The number of aromatic carboxylic acids is 1. The van der Waals surface area contributed by atoms with E-state index in [0.717, 1.165) is 11.1 Å². The van der Waals surface area contributed by atoms with E-state index in [4.69, 9.17) is 5.73 Å². The molecule has 4 heteroatoms. The van der Waals surface area contributed by atoms with E-state index in [-0.39, 0.29) is 32.9 Å². The van der Waals surface area contributed by atoms with Crippen LogP contribution in [0.3, 0.4) is 0 Å². The number of benzene rings is 1. The minimum Gasteiger partial charge on any atom is -0.478 e. The Morgan fingerprint density at radius 3 is 1.84 bits per heavy atom. The Morgan fingerprint density at radius 1 is 1.05 bits per heavy atom. The van der Waals surface area contributed by atoms with Crippen LogP contribution in [-0.4, -0.2) is 11.1 Å². The van der Waals surface area contributed by atoms with Crippen LogP contribution in [0.1, 0.15) is 63.0 Å². The molecule has 3 nitrogen and oxygen atoms in total. The zero-order chi connectivity index (χ0) is 14.3. The third-order valence-corrected chi connectivity index (χ3v) is 3.08. The average molecular weight is 308 g/mol. The molecule has 0 atom stereocenters. The molecule has 0 amide bonds. The second-order valence-electron chi connectivity index (χ2n) is 6.79. The van der Waals surface area contributed by atoms with Gasteiger partial charge in [-0.2, -0.15) is 0 Å². The summed E-state index contributed by atoms with van der Waals surface area (Å²) < 4.78 is 0. The molecule has 1 aromatic rings. The van der Waals surface area contributed by atoms with Crippen molar-refractivity contribution in [2.75, 3.05) is 5.73 Å². The van der Waals surface area contributed by atoms with E-state index in [1.54, 1.807) is 6.07 Å². The van der Waals surface area contributed by atoms with Crippen LogP contribution in [0.25, 0.3) is 0 Å². The second-order valence-corrected chi connectivity index (χ2v) is 6.79. The number of carbonyl (C=O) groups is 1. The number of anilines is 1. The Labute approximate surface area is 125 Å². The van der Waals surface area contributed by atoms with Crippen molar-refractivity contribution in [2.45, 2.75) is 52.4 Å². The number of nitrogens with two attached hydrogens (primary N) is 1. The molecular weight excluding hydrogens is 285 g/mol. The van der Waals surface area contributed by atoms with Crippen molar-refractivity contribution in [3.05, 3.63) is 28.8 Å². The van der Waals surface area contributed by atoms with Crippen molar-refractivity contribution in [3.8, 4) is 0 Å². The van der Waals surface area contributed by atoms with Gasteiger partial charge in [0.15, 0.2) is 0 Å². The third kappa shape index (κ3) is 3.97. The molecule has 0 spiro atoms. The Hall–Kier alpha value is -1.02. The van der Waals surface area contributed by atoms with Crippen LogP contribution in [0.5, 0.6) is 0 Å². The van der Waals surface area contributed by atoms with Crippen molar-refractivity contribution >= 4 is 11.7 Å². The first-order chi connectivity index (χ1) is 7.94. The van der Waals surface area contributed by atoms with Crippen molar-refractivity contribution < 1.29 is 26.4 Å². The SMILES string of the molecule is CC(C)(C)c1cc(C(=O)O)c(N)c(C(C)(C)C)c1.[Ni]. The van der Waals surface area contributed by atoms with Gasteiger partial charge < -0.3 is 10.8 Å². The summed E-state index contributed by atoms with van der Waals surface area (Å²) in [6.07, 6.45) is 0. The number of carboxylic acids is 1.